The second kappa shape index (κ2) is 7.30. The molecule has 0 bridgehead atoms. The maximum Gasteiger partial charge on any atom is 0.120 e. The monoisotopic (exact) mass is 323 g/mol. The lowest BCUT2D eigenvalue weighted by molar-refractivity contribution is 0.302. The number of nitrogens with one attached hydrogen (secondary N) is 1. The van der Waals surface area contributed by atoms with Crippen molar-refractivity contribution < 1.29 is 4.74 Å². The van der Waals surface area contributed by atoms with Gasteiger partial charge in [0.1, 0.15) is 5.75 Å². The lowest BCUT2D eigenvalue weighted by atomic mass is 10.00. The molecule has 0 spiro atoms. The van der Waals surface area contributed by atoms with E-state index in [9.17, 15) is 0 Å². The third-order valence-electron chi connectivity index (χ3n) is 4.18. The molecule has 0 aromatic heterocycles. The van der Waals surface area contributed by atoms with Crippen molar-refractivity contribution in [3.05, 3.63) is 29.8 Å². The maximum absolute atomic E-state index is 5.96. The lowest BCUT2D eigenvalue weighted by Gasteiger charge is -2.36. The van der Waals surface area contributed by atoms with E-state index < -0.39 is 0 Å². The molecule has 0 amide bonds. The van der Waals surface area contributed by atoms with Crippen molar-refractivity contribution in [2.75, 3.05) is 18.6 Å². The van der Waals surface area contributed by atoms with Crippen LogP contribution in [0.5, 0.6) is 5.75 Å². The Morgan fingerprint density at radius 1 is 1.29 bits per heavy atom. The normalized spacial score (nSPS) is 27.3. The minimum Gasteiger partial charge on any atom is -0.490 e. The van der Waals surface area contributed by atoms with E-state index in [0.29, 0.717) is 17.4 Å². The highest BCUT2D eigenvalue weighted by Crippen LogP contribution is 2.40. The summed E-state index contributed by atoms with van der Waals surface area (Å²) < 4.78 is 5.96. The Hall–Kier alpha value is -0.320. The van der Waals surface area contributed by atoms with Crippen LogP contribution in [-0.4, -0.2) is 35.2 Å². The smallest absolute Gasteiger partial charge is 0.120 e. The third-order valence-corrected chi connectivity index (χ3v) is 7.53. The van der Waals surface area contributed by atoms with E-state index in [4.69, 9.17) is 4.74 Å². The second-order valence-corrected chi connectivity index (χ2v) is 8.44. The van der Waals surface area contributed by atoms with Crippen LogP contribution < -0.4 is 10.1 Å². The molecule has 4 heteroatoms. The zero-order valence-electron chi connectivity index (χ0n) is 12.9. The Morgan fingerprint density at radius 2 is 2.10 bits per heavy atom. The van der Waals surface area contributed by atoms with Crippen LogP contribution in [0.25, 0.3) is 0 Å². The van der Waals surface area contributed by atoms with E-state index in [-0.39, 0.29) is 0 Å². The maximum atomic E-state index is 5.96. The van der Waals surface area contributed by atoms with E-state index in [1.807, 2.05) is 0 Å². The predicted molar refractivity (Wildman–Crippen MR) is 94.7 cm³/mol. The molecule has 2 nitrogen and oxygen atoms in total. The number of hydrogen-bond acceptors (Lipinski definition) is 4. The summed E-state index contributed by atoms with van der Waals surface area (Å²) in [6.07, 6.45) is 4.15. The number of hydrogen-bond donors (Lipinski definition) is 1. The van der Waals surface area contributed by atoms with E-state index >= 15 is 0 Å². The molecule has 3 atom stereocenters. The van der Waals surface area contributed by atoms with Gasteiger partial charge in [-0.2, -0.15) is 23.5 Å². The van der Waals surface area contributed by atoms with E-state index in [2.05, 4.69) is 67.1 Å². The first kappa shape index (κ1) is 15.6. The Labute approximate surface area is 136 Å². The molecular weight excluding hydrogens is 298 g/mol. The van der Waals surface area contributed by atoms with Crippen LogP contribution in [0.1, 0.15) is 37.8 Å². The summed E-state index contributed by atoms with van der Waals surface area (Å²) >= 11 is 4.27. The van der Waals surface area contributed by atoms with Gasteiger partial charge in [0.2, 0.25) is 0 Å². The molecule has 1 aromatic rings. The van der Waals surface area contributed by atoms with Gasteiger partial charge in [0.25, 0.3) is 0 Å². The molecule has 1 heterocycles. The van der Waals surface area contributed by atoms with Crippen molar-refractivity contribution in [1.29, 1.82) is 0 Å². The van der Waals surface area contributed by atoms with E-state index in [1.165, 1.54) is 36.3 Å². The van der Waals surface area contributed by atoms with Crippen LogP contribution in [0.4, 0.5) is 0 Å². The number of thioether (sulfide) groups is 2. The van der Waals surface area contributed by atoms with Gasteiger partial charge in [-0.05, 0) is 44.0 Å². The zero-order valence-corrected chi connectivity index (χ0v) is 14.5. The molecule has 21 heavy (non-hydrogen) atoms. The molecule has 2 aliphatic rings. The zero-order chi connectivity index (χ0) is 14.7. The summed E-state index contributed by atoms with van der Waals surface area (Å²) in [5, 5.41) is 4.95. The highest BCUT2D eigenvalue weighted by atomic mass is 32.2. The Balaban J connectivity index is 1.77. The Kier molecular flexibility index (Phi) is 5.41. The molecule has 116 valence electrons. The minimum absolute atomic E-state index is 0.413. The van der Waals surface area contributed by atoms with Gasteiger partial charge in [0.15, 0.2) is 0 Å². The molecular formula is C17H25NOS2. The first-order valence-corrected chi connectivity index (χ1v) is 10.1. The van der Waals surface area contributed by atoms with Gasteiger partial charge in [-0.1, -0.05) is 19.1 Å². The molecule has 1 saturated heterocycles. The largest absolute Gasteiger partial charge is 0.490 e. The van der Waals surface area contributed by atoms with E-state index in [1.54, 1.807) is 0 Å². The SMILES string of the molecule is CCC1SCCSC1C(NC)c1cccc(OC2CC2)c1. The molecule has 3 unspecified atom stereocenters. The summed E-state index contributed by atoms with van der Waals surface area (Å²) in [5.41, 5.74) is 1.37. The van der Waals surface area contributed by atoms with Crippen molar-refractivity contribution in [2.45, 2.75) is 48.8 Å². The lowest BCUT2D eigenvalue weighted by Crippen LogP contribution is -2.37. The number of benzene rings is 1. The molecule has 2 fully saturated rings. The fourth-order valence-corrected chi connectivity index (χ4v) is 6.22. The first-order valence-electron chi connectivity index (χ1n) is 7.99. The van der Waals surface area contributed by atoms with Crippen LogP contribution >= 0.6 is 23.5 Å². The fourth-order valence-electron chi connectivity index (χ4n) is 2.93. The van der Waals surface area contributed by atoms with Gasteiger partial charge < -0.3 is 10.1 Å². The Bertz CT molecular complexity index is 464. The number of ether oxygens (including phenoxy) is 1. The van der Waals surface area contributed by atoms with Crippen molar-refractivity contribution in [2.24, 2.45) is 0 Å². The standard InChI is InChI=1S/C17H25NOS2/c1-3-15-17(21-10-9-20-15)16(18-2)12-5-4-6-14(11-12)19-13-7-8-13/h4-6,11,13,15-18H,3,7-10H2,1-2H3. The average Bonchev–Trinajstić information content (AvgIpc) is 3.33. The van der Waals surface area contributed by atoms with Gasteiger partial charge in [0.05, 0.1) is 6.10 Å². The highest BCUT2D eigenvalue weighted by molar-refractivity contribution is 8.07. The van der Waals surface area contributed by atoms with Gasteiger partial charge in [-0.15, -0.1) is 0 Å². The molecule has 1 aromatic carbocycles. The van der Waals surface area contributed by atoms with Crippen molar-refractivity contribution >= 4 is 23.5 Å². The molecule has 0 radical (unpaired) electrons. The summed E-state index contributed by atoms with van der Waals surface area (Å²) in [6.45, 7) is 2.32. The third kappa shape index (κ3) is 3.91. The summed E-state index contributed by atoms with van der Waals surface area (Å²) in [6, 6.07) is 9.13. The van der Waals surface area contributed by atoms with Gasteiger partial charge in [0, 0.05) is 28.0 Å². The molecule has 1 N–H and O–H groups in total. The van der Waals surface area contributed by atoms with Crippen LogP contribution in [0.3, 0.4) is 0 Å². The van der Waals surface area contributed by atoms with Crippen LogP contribution in [0.15, 0.2) is 24.3 Å². The molecule has 1 saturated carbocycles. The predicted octanol–water partition coefficient (Wildman–Crippen LogP) is 4.12. The average molecular weight is 324 g/mol. The number of rotatable bonds is 6. The van der Waals surface area contributed by atoms with Crippen molar-refractivity contribution in [1.82, 2.24) is 5.32 Å². The van der Waals surface area contributed by atoms with E-state index in [0.717, 1.165) is 11.0 Å². The molecule has 3 rings (SSSR count). The fraction of sp³-hybridized carbons (Fsp3) is 0.647. The second-order valence-electron chi connectivity index (χ2n) is 5.81. The highest BCUT2D eigenvalue weighted by Gasteiger charge is 2.32. The van der Waals surface area contributed by atoms with Crippen LogP contribution in [0, 0.1) is 0 Å². The summed E-state index contributed by atoms with van der Waals surface area (Å²) in [7, 11) is 2.09. The first-order chi connectivity index (χ1) is 10.3. The Morgan fingerprint density at radius 3 is 2.81 bits per heavy atom. The van der Waals surface area contributed by atoms with Gasteiger partial charge >= 0.3 is 0 Å². The minimum atomic E-state index is 0.413. The van der Waals surface area contributed by atoms with Gasteiger partial charge in [-0.3, -0.25) is 0 Å². The molecule has 1 aliphatic carbocycles. The van der Waals surface area contributed by atoms with Crippen molar-refractivity contribution in [3.8, 4) is 5.75 Å². The molecule has 1 aliphatic heterocycles. The van der Waals surface area contributed by atoms with Crippen molar-refractivity contribution in [3.63, 3.8) is 0 Å². The topological polar surface area (TPSA) is 21.3 Å². The quantitative estimate of drug-likeness (QED) is 0.850. The van der Waals surface area contributed by atoms with Crippen LogP contribution in [-0.2, 0) is 0 Å². The van der Waals surface area contributed by atoms with Gasteiger partial charge in [-0.25, -0.2) is 0 Å². The van der Waals surface area contributed by atoms with Crippen LogP contribution in [0.2, 0.25) is 0 Å². The summed E-state index contributed by atoms with van der Waals surface area (Å²) in [4.78, 5) is 0. The summed E-state index contributed by atoms with van der Waals surface area (Å²) in [5.74, 6) is 3.60.